The molecule has 0 unspecified atom stereocenters. The van der Waals surface area contributed by atoms with E-state index in [2.05, 4.69) is 15.4 Å². The van der Waals surface area contributed by atoms with Gasteiger partial charge in [0.2, 0.25) is 0 Å². The van der Waals surface area contributed by atoms with Crippen LogP contribution in [0.5, 0.6) is 11.5 Å². The van der Waals surface area contributed by atoms with Gasteiger partial charge in [-0.15, -0.1) is 0 Å². The number of rotatable bonds is 4. The van der Waals surface area contributed by atoms with Gasteiger partial charge in [-0.25, -0.2) is 9.98 Å². The number of nitrogens with one attached hydrogen (secondary N) is 1. The van der Waals surface area contributed by atoms with Crippen LogP contribution in [-0.2, 0) is 0 Å². The highest BCUT2D eigenvalue weighted by molar-refractivity contribution is 6.45. The third-order valence-corrected chi connectivity index (χ3v) is 3.42. The maximum Gasteiger partial charge on any atom is 0.192 e. The fraction of sp³-hybridized carbons (Fsp3) is 0.176. The van der Waals surface area contributed by atoms with Crippen molar-refractivity contribution in [2.75, 3.05) is 21.3 Å². The topological polar surface area (TPSA) is 58.5 Å². The van der Waals surface area contributed by atoms with Gasteiger partial charge in [0.15, 0.2) is 11.7 Å². The Morgan fingerprint density at radius 2 is 1.26 bits per heavy atom. The molecule has 1 aliphatic rings. The van der Waals surface area contributed by atoms with Crippen LogP contribution in [0.3, 0.4) is 0 Å². The van der Waals surface area contributed by atoms with Gasteiger partial charge in [-0.05, 0) is 48.5 Å². The number of nitrogens with zero attached hydrogens (tertiary/aromatic N) is 3. The molecule has 23 heavy (non-hydrogen) atoms. The lowest BCUT2D eigenvalue weighted by Gasteiger charge is -2.33. The van der Waals surface area contributed by atoms with Crippen LogP contribution >= 0.6 is 0 Å². The van der Waals surface area contributed by atoms with E-state index < -0.39 is 0 Å². The van der Waals surface area contributed by atoms with E-state index in [0.29, 0.717) is 0 Å². The molecule has 3 rings (SSSR count). The minimum atomic E-state index is 0.730. The second kappa shape index (κ2) is 6.39. The quantitative estimate of drug-likeness (QED) is 0.943. The smallest absolute Gasteiger partial charge is 0.192 e. The lowest BCUT2D eigenvalue weighted by molar-refractivity contribution is 0.414. The molecule has 0 atom stereocenters. The second-order valence-corrected chi connectivity index (χ2v) is 4.96. The van der Waals surface area contributed by atoms with Gasteiger partial charge in [0.25, 0.3) is 0 Å². The van der Waals surface area contributed by atoms with Crippen LogP contribution < -0.4 is 14.9 Å². The molecule has 2 aromatic rings. The summed E-state index contributed by atoms with van der Waals surface area (Å²) in [6.45, 7) is 0. The first-order valence-electron chi connectivity index (χ1n) is 7.16. The maximum atomic E-state index is 5.15. The first-order valence-corrected chi connectivity index (χ1v) is 7.16. The molecule has 1 heterocycles. The van der Waals surface area contributed by atoms with Crippen LogP contribution in [0.25, 0.3) is 0 Å². The van der Waals surface area contributed by atoms with Crippen LogP contribution in [0.1, 0.15) is 0 Å². The third kappa shape index (κ3) is 3.26. The van der Waals surface area contributed by atoms with Crippen molar-refractivity contribution in [1.82, 2.24) is 10.4 Å². The summed E-state index contributed by atoms with van der Waals surface area (Å²) in [5, 5.41) is 1.83. The predicted octanol–water partition coefficient (Wildman–Crippen LogP) is 2.91. The molecule has 0 bridgehead atoms. The molecule has 0 spiro atoms. The molecule has 6 nitrogen and oxygen atoms in total. The summed E-state index contributed by atoms with van der Waals surface area (Å²) < 4.78 is 10.3. The van der Waals surface area contributed by atoms with Gasteiger partial charge in [-0.3, -0.25) is 10.4 Å². The molecule has 0 aromatic heterocycles. The second-order valence-electron chi connectivity index (χ2n) is 4.96. The summed E-state index contributed by atoms with van der Waals surface area (Å²) in [6, 6.07) is 15.1. The van der Waals surface area contributed by atoms with Crippen LogP contribution in [-0.4, -0.2) is 37.9 Å². The largest absolute Gasteiger partial charge is 0.497 e. The Bertz CT molecular complexity index is 736. The first kappa shape index (κ1) is 14.9. The van der Waals surface area contributed by atoms with Crippen molar-refractivity contribution < 1.29 is 9.47 Å². The number of hydrazine groups is 1. The molecule has 118 valence electrons. The van der Waals surface area contributed by atoms with Gasteiger partial charge in [-0.1, -0.05) is 0 Å². The summed E-state index contributed by atoms with van der Waals surface area (Å²) in [6.07, 6.45) is 0. The number of aliphatic imine (C=N–C) groups is 2. The van der Waals surface area contributed by atoms with E-state index in [1.165, 1.54) is 0 Å². The first-order chi connectivity index (χ1) is 11.2. The average molecular weight is 310 g/mol. The molecule has 0 radical (unpaired) electrons. The standard InChI is InChI=1S/C17H18N4O2/c1-21-17(19-13-6-10-15(23-3)11-7-13)16(20-21)18-12-4-8-14(22-2)9-5-12/h4-11H,1-3H3,(H,18,20). The Balaban J connectivity index is 1.82. The summed E-state index contributed by atoms with van der Waals surface area (Å²) >= 11 is 0. The number of ether oxygens (including phenoxy) is 2. The van der Waals surface area contributed by atoms with Gasteiger partial charge < -0.3 is 9.47 Å². The molecule has 0 aliphatic carbocycles. The molecular formula is C17H18N4O2. The zero-order chi connectivity index (χ0) is 16.2. The molecule has 0 amide bonds. The van der Waals surface area contributed by atoms with E-state index in [-0.39, 0.29) is 0 Å². The van der Waals surface area contributed by atoms with Gasteiger partial charge in [-0.2, -0.15) is 0 Å². The van der Waals surface area contributed by atoms with E-state index in [0.717, 1.165) is 34.5 Å². The molecule has 1 aliphatic heterocycles. The zero-order valence-electron chi connectivity index (χ0n) is 13.3. The van der Waals surface area contributed by atoms with Crippen molar-refractivity contribution in [2.45, 2.75) is 0 Å². The monoisotopic (exact) mass is 310 g/mol. The normalized spacial score (nSPS) is 16.9. The van der Waals surface area contributed by atoms with Gasteiger partial charge >= 0.3 is 0 Å². The molecular weight excluding hydrogens is 292 g/mol. The number of amidine groups is 2. The Labute approximate surface area is 135 Å². The molecule has 1 saturated heterocycles. The summed E-state index contributed by atoms with van der Waals surface area (Å²) in [5.41, 5.74) is 4.79. The van der Waals surface area contributed by atoms with Crippen LogP contribution in [0.15, 0.2) is 58.5 Å². The Kier molecular flexibility index (Phi) is 4.14. The zero-order valence-corrected chi connectivity index (χ0v) is 13.3. The van der Waals surface area contributed by atoms with E-state index >= 15 is 0 Å². The lowest BCUT2D eigenvalue weighted by Crippen LogP contribution is -2.61. The Morgan fingerprint density at radius 1 is 0.783 bits per heavy atom. The Morgan fingerprint density at radius 3 is 1.70 bits per heavy atom. The van der Waals surface area contributed by atoms with Gasteiger partial charge in [0.05, 0.1) is 25.6 Å². The molecule has 6 heteroatoms. The summed E-state index contributed by atoms with van der Waals surface area (Å²) in [5.74, 6) is 3.13. The van der Waals surface area contributed by atoms with E-state index in [9.17, 15) is 0 Å². The fourth-order valence-corrected chi connectivity index (χ4v) is 2.14. The third-order valence-electron chi connectivity index (χ3n) is 3.42. The number of hydrogen-bond donors (Lipinski definition) is 1. The number of likely N-dealkylation sites (N-methyl/N-ethyl adjacent to an activating group) is 1. The van der Waals surface area contributed by atoms with E-state index in [4.69, 9.17) is 9.47 Å². The van der Waals surface area contributed by atoms with Crippen molar-refractivity contribution >= 4 is 23.0 Å². The van der Waals surface area contributed by atoms with Crippen LogP contribution in [0.4, 0.5) is 11.4 Å². The SMILES string of the molecule is COc1ccc(N=C2NN(C)C2=Nc2ccc(OC)cc2)cc1. The van der Waals surface area contributed by atoms with Crippen molar-refractivity contribution in [1.29, 1.82) is 0 Å². The van der Waals surface area contributed by atoms with E-state index in [1.54, 1.807) is 14.2 Å². The summed E-state index contributed by atoms with van der Waals surface area (Å²) in [4.78, 5) is 9.16. The van der Waals surface area contributed by atoms with Crippen LogP contribution in [0.2, 0.25) is 0 Å². The molecule has 0 saturated carbocycles. The van der Waals surface area contributed by atoms with Crippen molar-refractivity contribution in [3.8, 4) is 11.5 Å². The number of methoxy groups -OCH3 is 2. The van der Waals surface area contributed by atoms with Crippen molar-refractivity contribution in [3.63, 3.8) is 0 Å². The lowest BCUT2D eigenvalue weighted by atomic mass is 10.3. The van der Waals surface area contributed by atoms with Gasteiger partial charge in [0.1, 0.15) is 11.5 Å². The minimum absolute atomic E-state index is 0.730. The summed E-state index contributed by atoms with van der Waals surface area (Å²) in [7, 11) is 5.18. The predicted molar refractivity (Wildman–Crippen MR) is 91.1 cm³/mol. The number of hydrogen-bond acceptors (Lipinski definition) is 4. The maximum absolute atomic E-state index is 5.15. The van der Waals surface area contributed by atoms with Crippen molar-refractivity contribution in [2.24, 2.45) is 9.98 Å². The molecule has 1 fully saturated rings. The van der Waals surface area contributed by atoms with E-state index in [1.807, 2.05) is 60.6 Å². The molecule has 2 aromatic carbocycles. The number of benzene rings is 2. The highest BCUT2D eigenvalue weighted by atomic mass is 16.5. The van der Waals surface area contributed by atoms with Crippen molar-refractivity contribution in [3.05, 3.63) is 48.5 Å². The average Bonchev–Trinajstić information content (AvgIpc) is 2.60. The Hall–Kier alpha value is -3.02. The molecule has 1 N–H and O–H groups in total. The highest BCUT2D eigenvalue weighted by Gasteiger charge is 2.26. The fourth-order valence-electron chi connectivity index (χ4n) is 2.14. The van der Waals surface area contributed by atoms with Gasteiger partial charge in [0, 0.05) is 7.05 Å². The van der Waals surface area contributed by atoms with Crippen LogP contribution in [0, 0.1) is 0 Å². The highest BCUT2D eigenvalue weighted by Crippen LogP contribution is 2.21. The minimum Gasteiger partial charge on any atom is -0.497 e.